The summed E-state index contributed by atoms with van der Waals surface area (Å²) in [4.78, 5) is 4.16. The van der Waals surface area contributed by atoms with Crippen LogP contribution >= 0.6 is 11.6 Å². The fourth-order valence-electron chi connectivity index (χ4n) is 1.27. The Morgan fingerprint density at radius 3 is 2.92 bits per heavy atom. The summed E-state index contributed by atoms with van der Waals surface area (Å²) in [7, 11) is 0. The number of nitrogens with zero attached hydrogens (tertiary/aromatic N) is 4. The van der Waals surface area contributed by atoms with E-state index in [1.807, 2.05) is 18.4 Å². The maximum atomic E-state index is 5.95. The molecule has 0 aliphatic carbocycles. The van der Waals surface area contributed by atoms with Crippen molar-refractivity contribution in [2.45, 2.75) is 19.9 Å². The van der Waals surface area contributed by atoms with Crippen LogP contribution in [0.1, 0.15) is 19.9 Å². The van der Waals surface area contributed by atoms with Gasteiger partial charge in [-0.3, -0.25) is 4.57 Å². The van der Waals surface area contributed by atoms with Crippen LogP contribution in [0.25, 0.3) is 11.2 Å². The molecule has 0 aromatic carbocycles. The maximum Gasteiger partial charge on any atom is 0.205 e. The molecule has 13 heavy (non-hydrogen) atoms. The zero-order valence-corrected chi connectivity index (χ0v) is 8.15. The molecule has 2 rings (SSSR count). The fraction of sp³-hybridized carbons (Fsp3) is 0.375. The van der Waals surface area contributed by atoms with Crippen LogP contribution in [-0.2, 0) is 0 Å². The van der Waals surface area contributed by atoms with Gasteiger partial charge in [0, 0.05) is 6.04 Å². The van der Waals surface area contributed by atoms with Crippen LogP contribution in [0, 0.1) is 0 Å². The summed E-state index contributed by atoms with van der Waals surface area (Å²) in [5.41, 5.74) is 1.52. The van der Waals surface area contributed by atoms with E-state index in [1.54, 1.807) is 12.3 Å². The number of hydrogen-bond acceptors (Lipinski definition) is 3. The monoisotopic (exact) mass is 196 g/mol. The van der Waals surface area contributed by atoms with Gasteiger partial charge in [-0.2, -0.15) is 5.10 Å². The molecule has 0 saturated heterocycles. The summed E-state index contributed by atoms with van der Waals surface area (Å²) in [5.74, 6) is 0. The third-order valence-electron chi connectivity index (χ3n) is 1.84. The number of rotatable bonds is 1. The van der Waals surface area contributed by atoms with Crippen LogP contribution in [0.4, 0.5) is 0 Å². The highest BCUT2D eigenvalue weighted by Gasteiger charge is 2.11. The second-order valence-electron chi connectivity index (χ2n) is 3.08. The Morgan fingerprint density at radius 1 is 1.46 bits per heavy atom. The molecule has 68 valence electrons. The van der Waals surface area contributed by atoms with Gasteiger partial charge >= 0.3 is 0 Å². The van der Waals surface area contributed by atoms with Crippen molar-refractivity contribution in [3.05, 3.63) is 17.5 Å². The maximum absolute atomic E-state index is 5.95. The van der Waals surface area contributed by atoms with Gasteiger partial charge in [-0.1, -0.05) is 0 Å². The van der Waals surface area contributed by atoms with Crippen molar-refractivity contribution < 1.29 is 0 Å². The van der Waals surface area contributed by atoms with E-state index < -0.39 is 0 Å². The number of imidazole rings is 1. The van der Waals surface area contributed by atoms with Crippen LogP contribution in [-0.4, -0.2) is 19.7 Å². The molecule has 2 aromatic rings. The van der Waals surface area contributed by atoms with Gasteiger partial charge in [-0.15, -0.1) is 5.10 Å². The smallest absolute Gasteiger partial charge is 0.205 e. The first-order valence-corrected chi connectivity index (χ1v) is 4.43. The Balaban J connectivity index is 2.78. The van der Waals surface area contributed by atoms with Crippen LogP contribution in [0.3, 0.4) is 0 Å². The third-order valence-corrected chi connectivity index (χ3v) is 2.10. The van der Waals surface area contributed by atoms with Gasteiger partial charge in [0.1, 0.15) is 5.52 Å². The van der Waals surface area contributed by atoms with E-state index in [2.05, 4.69) is 15.2 Å². The summed E-state index contributed by atoms with van der Waals surface area (Å²) in [6, 6.07) is 2.04. The Bertz CT molecular complexity index is 435. The highest BCUT2D eigenvalue weighted by atomic mass is 35.5. The van der Waals surface area contributed by atoms with Gasteiger partial charge < -0.3 is 0 Å². The molecule has 2 heterocycles. The van der Waals surface area contributed by atoms with Crippen molar-refractivity contribution in [1.82, 2.24) is 19.7 Å². The Labute approximate surface area is 80.6 Å². The Hall–Kier alpha value is -1.16. The summed E-state index contributed by atoms with van der Waals surface area (Å²) in [6.07, 6.45) is 1.61. The first kappa shape index (κ1) is 8.44. The third kappa shape index (κ3) is 1.27. The second-order valence-corrected chi connectivity index (χ2v) is 3.42. The molecule has 0 N–H and O–H groups in total. The minimum atomic E-state index is 0.245. The van der Waals surface area contributed by atoms with E-state index in [0.717, 1.165) is 11.2 Å². The Morgan fingerprint density at radius 2 is 2.23 bits per heavy atom. The molecule has 0 fully saturated rings. The zero-order chi connectivity index (χ0) is 9.42. The molecule has 2 aromatic heterocycles. The summed E-state index contributed by atoms with van der Waals surface area (Å²) < 4.78 is 1.85. The van der Waals surface area contributed by atoms with Crippen LogP contribution in [0.2, 0.25) is 5.28 Å². The molecule has 0 bridgehead atoms. The lowest BCUT2D eigenvalue weighted by Crippen LogP contribution is -2.01. The van der Waals surface area contributed by atoms with Gasteiger partial charge in [0.15, 0.2) is 5.65 Å². The van der Waals surface area contributed by atoms with E-state index in [1.165, 1.54) is 0 Å². The number of hydrogen-bond donors (Lipinski definition) is 0. The van der Waals surface area contributed by atoms with Gasteiger partial charge in [0.2, 0.25) is 5.28 Å². The first-order valence-electron chi connectivity index (χ1n) is 4.05. The first-order chi connectivity index (χ1) is 6.20. The molecule has 0 unspecified atom stereocenters. The molecular formula is C8H9ClN4. The predicted molar refractivity (Wildman–Crippen MR) is 50.7 cm³/mol. The summed E-state index contributed by atoms with van der Waals surface area (Å²) >= 11 is 5.95. The highest BCUT2D eigenvalue weighted by Crippen LogP contribution is 2.21. The normalized spacial score (nSPS) is 11.4. The van der Waals surface area contributed by atoms with Crippen molar-refractivity contribution in [1.29, 1.82) is 0 Å². The van der Waals surface area contributed by atoms with Crippen molar-refractivity contribution in [3.8, 4) is 0 Å². The molecule has 0 spiro atoms. The lowest BCUT2D eigenvalue weighted by Gasteiger charge is -2.07. The van der Waals surface area contributed by atoms with Crippen molar-refractivity contribution in [2.24, 2.45) is 0 Å². The lowest BCUT2D eigenvalue weighted by atomic mass is 10.4. The molecule has 0 aliphatic rings. The average Bonchev–Trinajstić information content (AvgIpc) is 2.39. The molecule has 0 amide bonds. The summed E-state index contributed by atoms with van der Waals surface area (Å²) in [6.45, 7) is 4.06. The largest absolute Gasteiger partial charge is 0.295 e. The molecule has 4 nitrogen and oxygen atoms in total. The number of fused-ring (bicyclic) bond motifs is 1. The molecule has 0 aliphatic heterocycles. The summed E-state index contributed by atoms with van der Waals surface area (Å²) in [5, 5.41) is 8.25. The predicted octanol–water partition coefficient (Wildman–Crippen LogP) is 2.06. The number of halogens is 1. The zero-order valence-electron chi connectivity index (χ0n) is 7.40. The van der Waals surface area contributed by atoms with Crippen molar-refractivity contribution in [3.63, 3.8) is 0 Å². The standard InChI is InChI=1S/C8H9ClN4/c1-5(2)13-7-6(11-8(13)9)3-4-10-12-7/h3-5H,1-2H3. The Kier molecular flexibility index (Phi) is 1.92. The lowest BCUT2D eigenvalue weighted by molar-refractivity contribution is 0.611. The highest BCUT2D eigenvalue weighted by molar-refractivity contribution is 6.29. The SMILES string of the molecule is CC(C)n1c(Cl)nc2ccnnc21. The second kappa shape index (κ2) is 2.96. The fourth-order valence-corrected chi connectivity index (χ4v) is 1.64. The van der Waals surface area contributed by atoms with Gasteiger partial charge in [-0.25, -0.2) is 4.98 Å². The van der Waals surface area contributed by atoms with Crippen LogP contribution < -0.4 is 0 Å². The van der Waals surface area contributed by atoms with E-state index in [9.17, 15) is 0 Å². The van der Waals surface area contributed by atoms with Crippen molar-refractivity contribution in [2.75, 3.05) is 0 Å². The van der Waals surface area contributed by atoms with E-state index in [0.29, 0.717) is 5.28 Å². The van der Waals surface area contributed by atoms with E-state index in [-0.39, 0.29) is 6.04 Å². The average molecular weight is 197 g/mol. The van der Waals surface area contributed by atoms with Gasteiger partial charge in [-0.05, 0) is 31.5 Å². The van der Waals surface area contributed by atoms with E-state index in [4.69, 9.17) is 11.6 Å². The molecule has 0 saturated carbocycles. The molecule has 5 heteroatoms. The van der Waals surface area contributed by atoms with Gasteiger partial charge in [0.25, 0.3) is 0 Å². The topological polar surface area (TPSA) is 43.6 Å². The molecular weight excluding hydrogens is 188 g/mol. The van der Waals surface area contributed by atoms with Gasteiger partial charge in [0.05, 0.1) is 6.20 Å². The molecule has 0 atom stereocenters. The molecule has 0 radical (unpaired) electrons. The minimum absolute atomic E-state index is 0.245. The van der Waals surface area contributed by atoms with Crippen molar-refractivity contribution >= 4 is 22.8 Å². The van der Waals surface area contributed by atoms with Crippen LogP contribution in [0.15, 0.2) is 12.3 Å². The van der Waals surface area contributed by atoms with Crippen LogP contribution in [0.5, 0.6) is 0 Å². The minimum Gasteiger partial charge on any atom is -0.295 e. The quantitative estimate of drug-likeness (QED) is 0.701. The van der Waals surface area contributed by atoms with E-state index >= 15 is 0 Å². The number of aromatic nitrogens is 4.